The maximum absolute atomic E-state index is 12.9. The average Bonchev–Trinajstić information content (AvgIpc) is 2.88. The van der Waals surface area contributed by atoms with Crippen LogP contribution in [0.25, 0.3) is 5.69 Å². The molecule has 24 heavy (non-hydrogen) atoms. The predicted molar refractivity (Wildman–Crippen MR) is 84.7 cm³/mol. The molecule has 0 saturated heterocycles. The van der Waals surface area contributed by atoms with Crippen molar-refractivity contribution in [3.05, 3.63) is 47.3 Å². The number of alkyl halides is 3. The van der Waals surface area contributed by atoms with Gasteiger partial charge in [0.2, 0.25) is 5.91 Å². The third-order valence-electron chi connectivity index (χ3n) is 3.82. The standard InChI is InChI=1S/C17H20F3N3O/c1-10(2)16(24)22-11(3)15-9-21-23(12(15)4)14-7-5-6-13(8-14)17(18,19)20/h5-11H,1-4H3,(H,22,24)/t11-/m1/s1. The number of halogens is 3. The molecule has 7 heteroatoms. The van der Waals surface area contributed by atoms with Crippen LogP contribution in [-0.4, -0.2) is 15.7 Å². The minimum Gasteiger partial charge on any atom is -0.349 e. The summed E-state index contributed by atoms with van der Waals surface area (Å²) in [5.74, 6) is -0.236. The SMILES string of the molecule is Cc1c([C@@H](C)NC(=O)C(C)C)cnn1-c1cccc(C(F)(F)F)c1. The highest BCUT2D eigenvalue weighted by molar-refractivity contribution is 5.78. The highest BCUT2D eigenvalue weighted by Crippen LogP contribution is 2.31. The lowest BCUT2D eigenvalue weighted by atomic mass is 10.1. The number of carbonyl (C=O) groups is 1. The van der Waals surface area contributed by atoms with Crippen LogP contribution in [0, 0.1) is 12.8 Å². The van der Waals surface area contributed by atoms with Gasteiger partial charge in [-0.2, -0.15) is 18.3 Å². The minimum atomic E-state index is -4.40. The fraction of sp³-hybridized carbons (Fsp3) is 0.412. The summed E-state index contributed by atoms with van der Waals surface area (Å²) < 4.78 is 40.0. The summed E-state index contributed by atoms with van der Waals surface area (Å²) in [4.78, 5) is 11.8. The molecule has 130 valence electrons. The third-order valence-corrected chi connectivity index (χ3v) is 3.82. The highest BCUT2D eigenvalue weighted by atomic mass is 19.4. The Kier molecular flexibility index (Phi) is 5.01. The topological polar surface area (TPSA) is 46.9 Å². The Morgan fingerprint density at radius 2 is 1.92 bits per heavy atom. The van der Waals surface area contributed by atoms with Crippen LogP contribution in [0.1, 0.15) is 43.6 Å². The first-order valence-electron chi connectivity index (χ1n) is 7.63. The normalized spacial score (nSPS) is 13.2. The van der Waals surface area contributed by atoms with Gasteiger partial charge in [-0.1, -0.05) is 19.9 Å². The van der Waals surface area contributed by atoms with Crippen molar-refractivity contribution < 1.29 is 18.0 Å². The van der Waals surface area contributed by atoms with Crippen LogP contribution < -0.4 is 5.32 Å². The van der Waals surface area contributed by atoms with E-state index in [9.17, 15) is 18.0 Å². The summed E-state index contributed by atoms with van der Waals surface area (Å²) in [5, 5.41) is 7.04. The van der Waals surface area contributed by atoms with Crippen LogP contribution >= 0.6 is 0 Å². The van der Waals surface area contributed by atoms with Crippen molar-refractivity contribution in [2.24, 2.45) is 5.92 Å². The van der Waals surface area contributed by atoms with E-state index in [0.717, 1.165) is 17.7 Å². The fourth-order valence-electron chi connectivity index (χ4n) is 2.38. The zero-order chi connectivity index (χ0) is 18.1. The van der Waals surface area contributed by atoms with E-state index >= 15 is 0 Å². The fourth-order valence-corrected chi connectivity index (χ4v) is 2.38. The molecule has 0 aliphatic heterocycles. The van der Waals surface area contributed by atoms with Crippen LogP contribution in [0.15, 0.2) is 30.5 Å². The van der Waals surface area contributed by atoms with Crippen LogP contribution in [-0.2, 0) is 11.0 Å². The number of hydrogen-bond donors (Lipinski definition) is 1. The largest absolute Gasteiger partial charge is 0.416 e. The molecule has 0 aliphatic carbocycles. The molecule has 2 aromatic rings. The van der Waals surface area contributed by atoms with Gasteiger partial charge >= 0.3 is 6.18 Å². The lowest BCUT2D eigenvalue weighted by Crippen LogP contribution is -2.30. The summed E-state index contributed by atoms with van der Waals surface area (Å²) >= 11 is 0. The Morgan fingerprint density at radius 3 is 2.50 bits per heavy atom. The van der Waals surface area contributed by atoms with Crippen LogP contribution in [0.2, 0.25) is 0 Å². The number of amides is 1. The highest BCUT2D eigenvalue weighted by Gasteiger charge is 2.30. The average molecular weight is 339 g/mol. The van der Waals surface area contributed by atoms with Gasteiger partial charge < -0.3 is 5.32 Å². The van der Waals surface area contributed by atoms with Crippen molar-refractivity contribution in [1.82, 2.24) is 15.1 Å². The van der Waals surface area contributed by atoms with Gasteiger partial charge in [-0.3, -0.25) is 4.79 Å². The van der Waals surface area contributed by atoms with E-state index in [4.69, 9.17) is 0 Å². The van der Waals surface area contributed by atoms with Gasteiger partial charge in [-0.05, 0) is 32.0 Å². The second-order valence-corrected chi connectivity index (χ2v) is 6.03. The molecule has 2 rings (SSSR count). The number of benzene rings is 1. The van der Waals surface area contributed by atoms with Crippen molar-refractivity contribution in [3.8, 4) is 5.69 Å². The zero-order valence-electron chi connectivity index (χ0n) is 14.0. The van der Waals surface area contributed by atoms with E-state index in [1.807, 2.05) is 6.92 Å². The second-order valence-electron chi connectivity index (χ2n) is 6.03. The third kappa shape index (κ3) is 3.77. The number of hydrogen-bond acceptors (Lipinski definition) is 2. The molecule has 0 bridgehead atoms. The molecule has 1 N–H and O–H groups in total. The number of nitrogens with zero attached hydrogens (tertiary/aromatic N) is 2. The van der Waals surface area contributed by atoms with E-state index < -0.39 is 11.7 Å². The first kappa shape index (κ1) is 18.0. The van der Waals surface area contributed by atoms with Gasteiger partial charge in [0.25, 0.3) is 0 Å². The molecule has 1 aromatic heterocycles. The number of carbonyl (C=O) groups excluding carboxylic acids is 1. The predicted octanol–water partition coefficient (Wildman–Crippen LogP) is 4.03. The van der Waals surface area contributed by atoms with E-state index in [2.05, 4.69) is 10.4 Å². The Hall–Kier alpha value is -2.31. The molecular weight excluding hydrogens is 319 g/mol. The molecule has 0 radical (unpaired) electrons. The first-order valence-corrected chi connectivity index (χ1v) is 7.63. The lowest BCUT2D eigenvalue weighted by Gasteiger charge is -2.16. The summed E-state index contributed by atoms with van der Waals surface area (Å²) in [6, 6.07) is 4.72. The zero-order valence-corrected chi connectivity index (χ0v) is 14.0. The molecule has 0 saturated carbocycles. The second kappa shape index (κ2) is 6.67. The molecular formula is C17H20F3N3O. The summed E-state index contributed by atoms with van der Waals surface area (Å²) in [5.41, 5.74) is 1.06. The quantitative estimate of drug-likeness (QED) is 0.914. The van der Waals surface area contributed by atoms with E-state index in [1.165, 1.54) is 10.7 Å². The molecule has 0 aliphatic rings. The molecule has 0 fully saturated rings. The van der Waals surface area contributed by atoms with Gasteiger partial charge in [-0.25, -0.2) is 4.68 Å². The first-order chi connectivity index (χ1) is 11.1. The molecule has 1 amide bonds. The van der Waals surface area contributed by atoms with Crippen molar-refractivity contribution in [2.75, 3.05) is 0 Å². The maximum Gasteiger partial charge on any atom is 0.416 e. The lowest BCUT2D eigenvalue weighted by molar-refractivity contribution is -0.137. The van der Waals surface area contributed by atoms with Crippen LogP contribution in [0.4, 0.5) is 13.2 Å². The van der Waals surface area contributed by atoms with Crippen LogP contribution in [0.5, 0.6) is 0 Å². The molecule has 4 nitrogen and oxygen atoms in total. The van der Waals surface area contributed by atoms with Crippen molar-refractivity contribution >= 4 is 5.91 Å². The number of nitrogens with one attached hydrogen (secondary N) is 1. The Labute approximate surface area is 138 Å². The van der Waals surface area contributed by atoms with E-state index in [0.29, 0.717) is 11.4 Å². The Bertz CT molecular complexity index is 735. The summed E-state index contributed by atoms with van der Waals surface area (Å²) in [7, 11) is 0. The number of aromatic nitrogens is 2. The van der Waals surface area contributed by atoms with Crippen molar-refractivity contribution in [2.45, 2.75) is 39.9 Å². The monoisotopic (exact) mass is 339 g/mol. The van der Waals surface area contributed by atoms with Gasteiger partial charge in [0.1, 0.15) is 0 Å². The van der Waals surface area contributed by atoms with Crippen molar-refractivity contribution in [3.63, 3.8) is 0 Å². The molecule has 1 atom stereocenters. The molecule has 0 unspecified atom stereocenters. The maximum atomic E-state index is 12.9. The molecule has 1 heterocycles. The van der Waals surface area contributed by atoms with E-state index in [-0.39, 0.29) is 17.9 Å². The van der Waals surface area contributed by atoms with Gasteiger partial charge in [0.05, 0.1) is 23.5 Å². The van der Waals surface area contributed by atoms with Crippen molar-refractivity contribution in [1.29, 1.82) is 0 Å². The van der Waals surface area contributed by atoms with Crippen LogP contribution in [0.3, 0.4) is 0 Å². The van der Waals surface area contributed by atoms with Gasteiger partial charge in [0, 0.05) is 17.2 Å². The molecule has 0 spiro atoms. The molecule has 1 aromatic carbocycles. The van der Waals surface area contributed by atoms with Gasteiger partial charge in [0.15, 0.2) is 0 Å². The summed E-state index contributed by atoms with van der Waals surface area (Å²) in [6.07, 6.45) is -2.83. The Balaban J connectivity index is 2.32. The van der Waals surface area contributed by atoms with Gasteiger partial charge in [-0.15, -0.1) is 0 Å². The summed E-state index contributed by atoms with van der Waals surface area (Å²) in [6.45, 7) is 7.17. The number of rotatable bonds is 4. The smallest absolute Gasteiger partial charge is 0.349 e. The Morgan fingerprint density at radius 1 is 1.25 bits per heavy atom. The van der Waals surface area contributed by atoms with E-state index in [1.54, 1.807) is 33.0 Å². The minimum absolute atomic E-state index is 0.0891.